The standard InChI is InChI=1S/C27H32N2O2/c1-6-27(4,5)21-9-15-24(16-10-21)31-25-17-13-22(14-18-25)28-20(3)26(30)29-23-11-7-19(2)8-12-23/h7-18,20,28H,6H2,1-5H3,(H,29,30). The summed E-state index contributed by atoms with van der Waals surface area (Å²) in [5.41, 5.74) is 4.28. The van der Waals surface area contributed by atoms with Crippen molar-refractivity contribution in [1.82, 2.24) is 0 Å². The third-order valence-corrected chi connectivity index (χ3v) is 5.71. The van der Waals surface area contributed by atoms with E-state index in [0.717, 1.165) is 34.9 Å². The van der Waals surface area contributed by atoms with Gasteiger partial charge in [-0.2, -0.15) is 0 Å². The third-order valence-electron chi connectivity index (χ3n) is 5.71. The molecule has 3 aromatic carbocycles. The van der Waals surface area contributed by atoms with Gasteiger partial charge in [-0.15, -0.1) is 0 Å². The predicted octanol–water partition coefficient (Wildman–Crippen LogP) is 6.91. The number of carbonyl (C=O) groups excluding carboxylic acids is 1. The summed E-state index contributed by atoms with van der Waals surface area (Å²) in [6.07, 6.45) is 1.09. The Hall–Kier alpha value is -3.27. The Morgan fingerprint density at radius 3 is 1.94 bits per heavy atom. The first-order chi connectivity index (χ1) is 14.8. The molecule has 2 N–H and O–H groups in total. The van der Waals surface area contributed by atoms with Crippen LogP contribution in [0, 0.1) is 6.92 Å². The molecule has 0 aliphatic heterocycles. The van der Waals surface area contributed by atoms with Crippen molar-refractivity contribution in [3.63, 3.8) is 0 Å². The molecule has 0 fully saturated rings. The van der Waals surface area contributed by atoms with Crippen molar-refractivity contribution in [3.05, 3.63) is 83.9 Å². The molecule has 4 nitrogen and oxygen atoms in total. The molecule has 1 amide bonds. The van der Waals surface area contributed by atoms with Crippen molar-refractivity contribution < 1.29 is 9.53 Å². The van der Waals surface area contributed by atoms with Gasteiger partial charge in [0.2, 0.25) is 5.91 Å². The number of rotatable bonds is 8. The van der Waals surface area contributed by atoms with Crippen molar-refractivity contribution >= 4 is 17.3 Å². The van der Waals surface area contributed by atoms with E-state index in [-0.39, 0.29) is 17.4 Å². The van der Waals surface area contributed by atoms with Gasteiger partial charge in [-0.25, -0.2) is 0 Å². The third kappa shape index (κ3) is 6.11. The molecule has 3 aromatic rings. The zero-order chi connectivity index (χ0) is 22.4. The molecule has 0 spiro atoms. The lowest BCUT2D eigenvalue weighted by Gasteiger charge is -2.23. The predicted molar refractivity (Wildman–Crippen MR) is 129 cm³/mol. The van der Waals surface area contributed by atoms with E-state index in [1.165, 1.54) is 5.56 Å². The Morgan fingerprint density at radius 2 is 1.39 bits per heavy atom. The summed E-state index contributed by atoms with van der Waals surface area (Å²) in [6.45, 7) is 10.6. The monoisotopic (exact) mass is 416 g/mol. The van der Waals surface area contributed by atoms with Crippen LogP contribution in [0.1, 0.15) is 45.2 Å². The highest BCUT2D eigenvalue weighted by atomic mass is 16.5. The molecule has 0 bridgehead atoms. The lowest BCUT2D eigenvalue weighted by Crippen LogP contribution is -2.31. The summed E-state index contributed by atoms with van der Waals surface area (Å²) in [7, 11) is 0. The molecule has 3 rings (SSSR count). The van der Waals surface area contributed by atoms with Crippen LogP contribution in [0.2, 0.25) is 0 Å². The van der Waals surface area contributed by atoms with E-state index < -0.39 is 0 Å². The number of anilines is 2. The SMILES string of the molecule is CCC(C)(C)c1ccc(Oc2ccc(NC(C)C(=O)Nc3ccc(C)cc3)cc2)cc1. The fourth-order valence-electron chi connectivity index (χ4n) is 3.14. The van der Waals surface area contributed by atoms with Crippen molar-refractivity contribution in [3.8, 4) is 11.5 Å². The number of ether oxygens (including phenoxy) is 1. The fourth-order valence-corrected chi connectivity index (χ4v) is 3.14. The van der Waals surface area contributed by atoms with Crippen LogP contribution in [0.5, 0.6) is 11.5 Å². The number of nitrogens with one attached hydrogen (secondary N) is 2. The smallest absolute Gasteiger partial charge is 0.246 e. The second-order valence-electron chi connectivity index (χ2n) is 8.61. The Bertz CT molecular complexity index is 991. The number of amides is 1. The van der Waals surface area contributed by atoms with E-state index in [4.69, 9.17) is 4.74 Å². The van der Waals surface area contributed by atoms with Gasteiger partial charge in [0.05, 0.1) is 0 Å². The van der Waals surface area contributed by atoms with Gasteiger partial charge in [0.1, 0.15) is 17.5 Å². The molecule has 1 atom stereocenters. The summed E-state index contributed by atoms with van der Waals surface area (Å²) in [4.78, 5) is 12.4. The lowest BCUT2D eigenvalue weighted by molar-refractivity contribution is -0.116. The van der Waals surface area contributed by atoms with Crippen LogP contribution >= 0.6 is 0 Å². The summed E-state index contributed by atoms with van der Waals surface area (Å²) in [5, 5.41) is 6.15. The molecule has 0 saturated carbocycles. The van der Waals surface area contributed by atoms with E-state index >= 15 is 0 Å². The first-order valence-electron chi connectivity index (χ1n) is 10.8. The highest BCUT2D eigenvalue weighted by molar-refractivity contribution is 5.96. The van der Waals surface area contributed by atoms with Gasteiger partial charge in [0.25, 0.3) is 0 Å². The maximum Gasteiger partial charge on any atom is 0.246 e. The van der Waals surface area contributed by atoms with Gasteiger partial charge in [0.15, 0.2) is 0 Å². The zero-order valence-corrected chi connectivity index (χ0v) is 19.0. The van der Waals surface area contributed by atoms with Gasteiger partial charge in [-0.1, -0.05) is 50.6 Å². The van der Waals surface area contributed by atoms with E-state index in [1.807, 2.05) is 74.5 Å². The Labute approximate surface area is 185 Å². The maximum absolute atomic E-state index is 12.4. The quantitative estimate of drug-likeness (QED) is 0.419. The fraction of sp³-hybridized carbons (Fsp3) is 0.296. The Balaban J connectivity index is 1.56. The minimum Gasteiger partial charge on any atom is -0.457 e. The van der Waals surface area contributed by atoms with Crippen LogP contribution in [0.15, 0.2) is 72.8 Å². The van der Waals surface area contributed by atoms with Crippen LogP contribution in [0.25, 0.3) is 0 Å². The number of carbonyl (C=O) groups is 1. The molecule has 0 saturated heterocycles. The maximum atomic E-state index is 12.4. The average Bonchev–Trinajstić information content (AvgIpc) is 2.77. The molecule has 0 radical (unpaired) electrons. The first kappa shape index (κ1) is 22.4. The molecule has 1 unspecified atom stereocenters. The van der Waals surface area contributed by atoms with Crippen LogP contribution in [-0.4, -0.2) is 11.9 Å². The highest BCUT2D eigenvalue weighted by Crippen LogP contribution is 2.30. The number of aryl methyl sites for hydroxylation is 1. The van der Waals surface area contributed by atoms with Crippen LogP contribution in [0.3, 0.4) is 0 Å². The van der Waals surface area contributed by atoms with E-state index in [2.05, 4.69) is 43.5 Å². The molecule has 0 aliphatic rings. The Kier molecular flexibility index (Phi) is 7.01. The van der Waals surface area contributed by atoms with Gasteiger partial charge in [-0.05, 0) is 79.8 Å². The van der Waals surface area contributed by atoms with Crippen molar-refractivity contribution in [2.75, 3.05) is 10.6 Å². The molecule has 0 heterocycles. The highest BCUT2D eigenvalue weighted by Gasteiger charge is 2.17. The second-order valence-corrected chi connectivity index (χ2v) is 8.61. The molecular formula is C27H32N2O2. The molecule has 4 heteroatoms. The lowest BCUT2D eigenvalue weighted by atomic mass is 9.82. The summed E-state index contributed by atoms with van der Waals surface area (Å²) in [6, 6.07) is 23.3. The first-order valence-corrected chi connectivity index (χ1v) is 10.8. The van der Waals surface area contributed by atoms with Gasteiger partial charge >= 0.3 is 0 Å². The minimum absolute atomic E-state index is 0.0840. The van der Waals surface area contributed by atoms with Crippen LogP contribution < -0.4 is 15.4 Å². The van der Waals surface area contributed by atoms with E-state index in [1.54, 1.807) is 0 Å². The van der Waals surface area contributed by atoms with E-state index in [9.17, 15) is 4.79 Å². The van der Waals surface area contributed by atoms with Crippen molar-refractivity contribution in [1.29, 1.82) is 0 Å². The topological polar surface area (TPSA) is 50.4 Å². The largest absolute Gasteiger partial charge is 0.457 e. The van der Waals surface area contributed by atoms with E-state index in [0.29, 0.717) is 0 Å². The minimum atomic E-state index is -0.373. The average molecular weight is 417 g/mol. The van der Waals surface area contributed by atoms with Crippen LogP contribution in [-0.2, 0) is 10.2 Å². The number of hydrogen-bond donors (Lipinski definition) is 2. The normalized spacial score (nSPS) is 12.2. The molecule has 162 valence electrons. The number of benzene rings is 3. The Morgan fingerprint density at radius 1 is 0.871 bits per heavy atom. The van der Waals surface area contributed by atoms with Gasteiger partial charge in [0, 0.05) is 11.4 Å². The van der Waals surface area contributed by atoms with Gasteiger partial charge < -0.3 is 15.4 Å². The van der Waals surface area contributed by atoms with Gasteiger partial charge in [-0.3, -0.25) is 4.79 Å². The second kappa shape index (κ2) is 9.69. The number of hydrogen-bond acceptors (Lipinski definition) is 3. The summed E-state index contributed by atoms with van der Waals surface area (Å²) in [5.74, 6) is 1.48. The van der Waals surface area contributed by atoms with Crippen LogP contribution in [0.4, 0.5) is 11.4 Å². The zero-order valence-electron chi connectivity index (χ0n) is 19.0. The van der Waals surface area contributed by atoms with Crippen molar-refractivity contribution in [2.24, 2.45) is 0 Å². The summed E-state index contributed by atoms with van der Waals surface area (Å²) >= 11 is 0. The summed E-state index contributed by atoms with van der Waals surface area (Å²) < 4.78 is 5.97. The molecule has 31 heavy (non-hydrogen) atoms. The molecular weight excluding hydrogens is 384 g/mol. The molecule has 0 aliphatic carbocycles. The molecule has 0 aromatic heterocycles. The van der Waals surface area contributed by atoms with Crippen molar-refractivity contribution in [2.45, 2.75) is 52.5 Å².